The van der Waals surface area contributed by atoms with Crippen molar-refractivity contribution in [1.29, 1.82) is 0 Å². The molecule has 3 heterocycles. The van der Waals surface area contributed by atoms with Crippen LogP contribution in [0.1, 0.15) is 60.3 Å². The van der Waals surface area contributed by atoms with Gasteiger partial charge in [0.2, 0.25) is 5.95 Å². The van der Waals surface area contributed by atoms with Crippen LogP contribution in [-0.4, -0.2) is 53.6 Å². The zero-order valence-electron chi connectivity index (χ0n) is 19.5. The minimum Gasteiger partial charge on any atom is -0.462 e. The van der Waals surface area contributed by atoms with Gasteiger partial charge in [-0.25, -0.2) is 14.8 Å². The number of nitrogens with zero attached hydrogens (tertiary/aromatic N) is 3. The van der Waals surface area contributed by atoms with Crippen LogP contribution in [0, 0.1) is 5.92 Å². The number of nitrogens with one attached hydrogen (secondary N) is 1. The normalized spacial score (nSPS) is 18.5. The molecule has 1 N–H and O–H groups in total. The van der Waals surface area contributed by atoms with Gasteiger partial charge in [-0.2, -0.15) is 0 Å². The number of carbonyl (C=O) groups is 3. The number of rotatable bonds is 7. The molecule has 1 amide bonds. The van der Waals surface area contributed by atoms with Gasteiger partial charge in [-0.3, -0.25) is 9.59 Å². The lowest BCUT2D eigenvalue weighted by Gasteiger charge is -2.31. The summed E-state index contributed by atoms with van der Waals surface area (Å²) >= 11 is 1.41. The molecule has 34 heavy (non-hydrogen) atoms. The summed E-state index contributed by atoms with van der Waals surface area (Å²) in [5.74, 6) is -1.08. The van der Waals surface area contributed by atoms with Gasteiger partial charge in [0, 0.05) is 30.4 Å². The molecule has 0 bridgehead atoms. The Kier molecular flexibility index (Phi) is 7.77. The van der Waals surface area contributed by atoms with Crippen molar-refractivity contribution in [3.05, 3.63) is 34.5 Å². The van der Waals surface area contributed by atoms with Crippen LogP contribution in [0.15, 0.2) is 18.5 Å². The second-order valence-electron chi connectivity index (χ2n) is 8.54. The first-order valence-electron chi connectivity index (χ1n) is 11.8. The van der Waals surface area contributed by atoms with Crippen LogP contribution in [-0.2, 0) is 31.9 Å². The Labute approximate surface area is 202 Å². The van der Waals surface area contributed by atoms with E-state index in [4.69, 9.17) is 9.47 Å². The minimum absolute atomic E-state index is 0.261. The van der Waals surface area contributed by atoms with Crippen LogP contribution < -0.4 is 10.2 Å². The summed E-state index contributed by atoms with van der Waals surface area (Å²) in [6, 6.07) is 1.75. The van der Waals surface area contributed by atoms with E-state index in [1.807, 2.05) is 4.90 Å². The Balaban J connectivity index is 1.40. The third-order valence-electron chi connectivity index (χ3n) is 6.14. The fourth-order valence-corrected chi connectivity index (χ4v) is 5.70. The van der Waals surface area contributed by atoms with E-state index in [0.29, 0.717) is 29.5 Å². The number of carbonyl (C=O) groups excluding carboxylic acids is 3. The van der Waals surface area contributed by atoms with Crippen molar-refractivity contribution in [2.45, 2.75) is 58.5 Å². The SMILES string of the molecule is CCOC(=O)c1c(NC(=O)[C@@H](C)OC(=O)[C@H]2CCCN(c3ncccn3)C2)sc2c1CCCC2. The van der Waals surface area contributed by atoms with Crippen molar-refractivity contribution in [1.82, 2.24) is 9.97 Å². The number of ether oxygens (including phenoxy) is 2. The Morgan fingerprint density at radius 1 is 1.21 bits per heavy atom. The van der Waals surface area contributed by atoms with Crippen LogP contribution in [0.4, 0.5) is 10.9 Å². The van der Waals surface area contributed by atoms with Crippen molar-refractivity contribution < 1.29 is 23.9 Å². The first-order valence-corrected chi connectivity index (χ1v) is 12.6. The van der Waals surface area contributed by atoms with Crippen molar-refractivity contribution in [2.75, 3.05) is 29.9 Å². The van der Waals surface area contributed by atoms with E-state index in [1.165, 1.54) is 11.3 Å². The molecule has 0 radical (unpaired) electrons. The third-order valence-corrected chi connectivity index (χ3v) is 7.35. The van der Waals surface area contributed by atoms with E-state index in [0.717, 1.165) is 49.1 Å². The molecular formula is C24H30N4O5S. The van der Waals surface area contributed by atoms with E-state index >= 15 is 0 Å². The highest BCUT2D eigenvalue weighted by molar-refractivity contribution is 7.17. The van der Waals surface area contributed by atoms with Gasteiger partial charge >= 0.3 is 11.9 Å². The van der Waals surface area contributed by atoms with Crippen LogP contribution in [0.3, 0.4) is 0 Å². The van der Waals surface area contributed by atoms with Gasteiger partial charge in [0.15, 0.2) is 6.10 Å². The van der Waals surface area contributed by atoms with Gasteiger partial charge in [0.1, 0.15) is 5.00 Å². The van der Waals surface area contributed by atoms with Crippen LogP contribution in [0.5, 0.6) is 0 Å². The second kappa shape index (κ2) is 10.9. The van der Waals surface area contributed by atoms with Gasteiger partial charge < -0.3 is 19.7 Å². The second-order valence-corrected chi connectivity index (χ2v) is 9.64. The van der Waals surface area contributed by atoms with Crippen molar-refractivity contribution in [2.24, 2.45) is 5.92 Å². The summed E-state index contributed by atoms with van der Waals surface area (Å²) in [7, 11) is 0. The number of aryl methyl sites for hydroxylation is 1. The van der Waals surface area contributed by atoms with Crippen LogP contribution >= 0.6 is 11.3 Å². The number of hydrogen-bond acceptors (Lipinski definition) is 9. The topological polar surface area (TPSA) is 111 Å². The Morgan fingerprint density at radius 2 is 1.97 bits per heavy atom. The number of anilines is 2. The summed E-state index contributed by atoms with van der Waals surface area (Å²) in [4.78, 5) is 49.9. The molecule has 2 aromatic rings. The summed E-state index contributed by atoms with van der Waals surface area (Å²) in [6.07, 6.45) is 7.58. The number of hydrogen-bond donors (Lipinski definition) is 1. The molecule has 4 rings (SSSR count). The molecule has 2 atom stereocenters. The molecule has 2 aliphatic rings. The van der Waals surface area contributed by atoms with Gasteiger partial charge in [-0.05, 0) is 64.0 Å². The molecule has 1 saturated heterocycles. The minimum atomic E-state index is -0.995. The molecule has 0 spiro atoms. The average molecular weight is 487 g/mol. The van der Waals surface area contributed by atoms with Gasteiger partial charge in [-0.15, -0.1) is 11.3 Å². The molecule has 1 aliphatic carbocycles. The Hall–Kier alpha value is -3.01. The fraction of sp³-hybridized carbons (Fsp3) is 0.542. The largest absolute Gasteiger partial charge is 0.462 e. The highest BCUT2D eigenvalue weighted by Gasteiger charge is 2.32. The molecular weight excluding hydrogens is 456 g/mol. The Morgan fingerprint density at radius 3 is 2.74 bits per heavy atom. The molecule has 0 saturated carbocycles. The number of aromatic nitrogens is 2. The fourth-order valence-electron chi connectivity index (χ4n) is 4.42. The van der Waals surface area contributed by atoms with E-state index in [-0.39, 0.29) is 12.5 Å². The number of thiophene rings is 1. The van der Waals surface area contributed by atoms with Gasteiger partial charge in [0.05, 0.1) is 18.1 Å². The predicted octanol–water partition coefficient (Wildman–Crippen LogP) is 3.38. The maximum absolute atomic E-state index is 12.9. The molecule has 182 valence electrons. The van der Waals surface area contributed by atoms with E-state index in [2.05, 4.69) is 15.3 Å². The molecule has 10 heteroatoms. The molecule has 9 nitrogen and oxygen atoms in total. The molecule has 0 aromatic carbocycles. The molecule has 2 aromatic heterocycles. The lowest BCUT2D eigenvalue weighted by atomic mass is 9.95. The van der Waals surface area contributed by atoms with Gasteiger partial charge in [0.25, 0.3) is 5.91 Å². The smallest absolute Gasteiger partial charge is 0.341 e. The lowest BCUT2D eigenvalue weighted by Crippen LogP contribution is -2.42. The third kappa shape index (κ3) is 5.38. The maximum atomic E-state index is 12.9. The van der Waals surface area contributed by atoms with Crippen LogP contribution in [0.2, 0.25) is 0 Å². The number of esters is 2. The average Bonchev–Trinajstić information content (AvgIpc) is 3.22. The quantitative estimate of drug-likeness (QED) is 0.593. The molecule has 1 aliphatic heterocycles. The first-order chi connectivity index (χ1) is 16.5. The summed E-state index contributed by atoms with van der Waals surface area (Å²) in [5, 5.41) is 3.30. The van der Waals surface area contributed by atoms with Crippen LogP contribution in [0.25, 0.3) is 0 Å². The molecule has 1 fully saturated rings. The number of piperidine rings is 1. The first kappa shape index (κ1) is 24.1. The van der Waals surface area contributed by atoms with Crippen molar-refractivity contribution in [3.8, 4) is 0 Å². The Bertz CT molecular complexity index is 1040. The highest BCUT2D eigenvalue weighted by Crippen LogP contribution is 2.38. The van der Waals surface area contributed by atoms with E-state index in [9.17, 15) is 14.4 Å². The lowest BCUT2D eigenvalue weighted by molar-refractivity contribution is -0.157. The zero-order chi connectivity index (χ0) is 24.1. The molecule has 0 unspecified atom stereocenters. The van der Waals surface area contributed by atoms with Crippen molar-refractivity contribution in [3.63, 3.8) is 0 Å². The predicted molar refractivity (Wildman–Crippen MR) is 128 cm³/mol. The summed E-state index contributed by atoms with van der Waals surface area (Å²) < 4.78 is 10.8. The highest BCUT2D eigenvalue weighted by atomic mass is 32.1. The number of fused-ring (bicyclic) bond motifs is 1. The maximum Gasteiger partial charge on any atom is 0.341 e. The summed E-state index contributed by atoms with van der Waals surface area (Å²) in [6.45, 7) is 4.78. The zero-order valence-corrected chi connectivity index (χ0v) is 20.4. The van der Waals surface area contributed by atoms with E-state index < -0.39 is 23.9 Å². The van der Waals surface area contributed by atoms with Gasteiger partial charge in [-0.1, -0.05) is 0 Å². The van der Waals surface area contributed by atoms with E-state index in [1.54, 1.807) is 32.3 Å². The monoisotopic (exact) mass is 486 g/mol. The van der Waals surface area contributed by atoms with Crippen molar-refractivity contribution >= 4 is 40.1 Å². The summed E-state index contributed by atoms with van der Waals surface area (Å²) in [5.41, 5.74) is 1.42. The standard InChI is InChI=1S/C24H30N4O5S/c1-3-32-23(31)19-17-9-4-5-10-18(17)34-21(19)27-20(29)15(2)33-22(30)16-8-6-13-28(14-16)24-25-11-7-12-26-24/h7,11-12,15-16H,3-6,8-10,13-14H2,1-2H3,(H,27,29)/t15-,16+/m1/s1. The number of amides is 1.